The Balaban J connectivity index is 1.87. The number of furan rings is 1. The van der Waals surface area contributed by atoms with Crippen molar-refractivity contribution in [3.63, 3.8) is 0 Å². The quantitative estimate of drug-likeness (QED) is 0.658. The summed E-state index contributed by atoms with van der Waals surface area (Å²) in [6.45, 7) is 0. The molecule has 0 bridgehead atoms. The molecular formula is C14H9FN2O2S. The predicted octanol–water partition coefficient (Wildman–Crippen LogP) is 2.43. The third kappa shape index (κ3) is 2.46. The van der Waals surface area contributed by atoms with Gasteiger partial charge in [-0.05, 0) is 48.6 Å². The van der Waals surface area contributed by atoms with Crippen molar-refractivity contribution in [1.29, 1.82) is 0 Å². The second-order valence-electron chi connectivity index (χ2n) is 4.18. The molecule has 0 unspecified atom stereocenters. The van der Waals surface area contributed by atoms with Gasteiger partial charge in [0.15, 0.2) is 5.11 Å². The van der Waals surface area contributed by atoms with Gasteiger partial charge in [-0.2, -0.15) is 0 Å². The predicted molar refractivity (Wildman–Crippen MR) is 76.0 cm³/mol. The van der Waals surface area contributed by atoms with Gasteiger partial charge >= 0.3 is 0 Å². The number of benzene rings is 1. The average Bonchev–Trinajstić information content (AvgIpc) is 2.98. The van der Waals surface area contributed by atoms with Crippen LogP contribution in [0.1, 0.15) is 5.76 Å². The van der Waals surface area contributed by atoms with Gasteiger partial charge in [0.1, 0.15) is 23.0 Å². The first-order valence-corrected chi connectivity index (χ1v) is 6.22. The van der Waals surface area contributed by atoms with Gasteiger partial charge in [-0.3, -0.25) is 10.1 Å². The fourth-order valence-electron chi connectivity index (χ4n) is 1.82. The van der Waals surface area contributed by atoms with Crippen LogP contribution in [0.5, 0.6) is 0 Å². The zero-order chi connectivity index (χ0) is 14.1. The van der Waals surface area contributed by atoms with E-state index in [1.165, 1.54) is 12.1 Å². The molecule has 0 atom stereocenters. The molecule has 0 radical (unpaired) electrons. The highest BCUT2D eigenvalue weighted by Crippen LogP contribution is 2.23. The van der Waals surface area contributed by atoms with E-state index in [-0.39, 0.29) is 16.8 Å². The zero-order valence-corrected chi connectivity index (χ0v) is 11.0. The Labute approximate surface area is 119 Å². The third-order valence-electron chi connectivity index (χ3n) is 2.76. The smallest absolute Gasteiger partial charge is 0.274 e. The molecule has 100 valence electrons. The van der Waals surface area contributed by atoms with Gasteiger partial charge in [-0.1, -0.05) is 0 Å². The fourth-order valence-corrected chi connectivity index (χ4v) is 2.03. The van der Waals surface area contributed by atoms with Crippen LogP contribution >= 0.6 is 12.2 Å². The minimum absolute atomic E-state index is 0.270. The Morgan fingerprint density at radius 1 is 1.10 bits per heavy atom. The van der Waals surface area contributed by atoms with E-state index in [4.69, 9.17) is 16.6 Å². The summed E-state index contributed by atoms with van der Waals surface area (Å²) in [6.07, 6.45) is 1.56. The van der Waals surface area contributed by atoms with Gasteiger partial charge in [0.25, 0.3) is 5.91 Å². The highest BCUT2D eigenvalue weighted by Gasteiger charge is 2.20. The lowest BCUT2D eigenvalue weighted by Crippen LogP contribution is -2.21. The summed E-state index contributed by atoms with van der Waals surface area (Å²) >= 11 is 4.83. The summed E-state index contributed by atoms with van der Waals surface area (Å²) in [7, 11) is 0. The average molecular weight is 288 g/mol. The van der Waals surface area contributed by atoms with Crippen LogP contribution in [0.25, 0.3) is 17.4 Å². The van der Waals surface area contributed by atoms with Crippen LogP contribution in [-0.2, 0) is 4.79 Å². The number of hydrogen-bond donors (Lipinski definition) is 2. The molecule has 2 heterocycles. The Kier molecular flexibility index (Phi) is 3.08. The Hall–Kier alpha value is -2.47. The van der Waals surface area contributed by atoms with E-state index in [0.717, 1.165) is 5.56 Å². The van der Waals surface area contributed by atoms with E-state index in [1.807, 2.05) is 0 Å². The number of carbonyl (C=O) groups is 1. The zero-order valence-electron chi connectivity index (χ0n) is 10.1. The lowest BCUT2D eigenvalue weighted by molar-refractivity contribution is -0.115. The van der Waals surface area contributed by atoms with Gasteiger partial charge in [0.2, 0.25) is 0 Å². The summed E-state index contributed by atoms with van der Waals surface area (Å²) in [5.74, 6) is 0.502. The van der Waals surface area contributed by atoms with Crippen molar-refractivity contribution in [3.8, 4) is 11.3 Å². The molecule has 0 spiro atoms. The number of nitrogens with one attached hydrogen (secondary N) is 2. The van der Waals surface area contributed by atoms with Crippen LogP contribution in [0.15, 0.2) is 46.5 Å². The normalized spacial score (nSPS) is 16.4. The molecule has 1 saturated heterocycles. The third-order valence-corrected chi connectivity index (χ3v) is 2.97. The van der Waals surface area contributed by atoms with Gasteiger partial charge in [0.05, 0.1) is 0 Å². The van der Waals surface area contributed by atoms with Crippen LogP contribution in [0.4, 0.5) is 4.39 Å². The largest absolute Gasteiger partial charge is 0.457 e. The van der Waals surface area contributed by atoms with Crippen molar-refractivity contribution < 1.29 is 13.6 Å². The van der Waals surface area contributed by atoms with Crippen molar-refractivity contribution in [1.82, 2.24) is 10.6 Å². The number of amides is 1. The summed E-state index contributed by atoms with van der Waals surface area (Å²) in [6, 6.07) is 9.45. The SMILES string of the molecule is O=C1NC(=S)N/C1=C/c1ccc(-c2ccc(F)cc2)o1. The van der Waals surface area contributed by atoms with Crippen molar-refractivity contribution in [2.45, 2.75) is 0 Å². The van der Waals surface area contributed by atoms with Crippen LogP contribution in [0.3, 0.4) is 0 Å². The number of rotatable bonds is 2. The van der Waals surface area contributed by atoms with Gasteiger partial charge in [-0.25, -0.2) is 4.39 Å². The van der Waals surface area contributed by atoms with E-state index in [9.17, 15) is 9.18 Å². The molecule has 3 rings (SSSR count). The molecule has 1 amide bonds. The molecule has 6 heteroatoms. The number of halogens is 1. The molecule has 1 aliphatic rings. The first-order chi connectivity index (χ1) is 9.61. The summed E-state index contributed by atoms with van der Waals surface area (Å²) in [4.78, 5) is 11.5. The van der Waals surface area contributed by atoms with Crippen molar-refractivity contribution >= 4 is 29.3 Å². The van der Waals surface area contributed by atoms with Crippen LogP contribution in [0, 0.1) is 5.82 Å². The van der Waals surface area contributed by atoms with Crippen LogP contribution in [0.2, 0.25) is 0 Å². The highest BCUT2D eigenvalue weighted by atomic mass is 32.1. The molecule has 1 fully saturated rings. The number of carbonyl (C=O) groups excluding carboxylic acids is 1. The second-order valence-corrected chi connectivity index (χ2v) is 4.58. The minimum Gasteiger partial charge on any atom is -0.457 e. The maximum Gasteiger partial charge on any atom is 0.274 e. The lowest BCUT2D eigenvalue weighted by Gasteiger charge is -1.96. The van der Waals surface area contributed by atoms with Crippen molar-refractivity contribution in [3.05, 3.63) is 53.7 Å². The van der Waals surface area contributed by atoms with Gasteiger partial charge in [0, 0.05) is 11.6 Å². The molecule has 2 aromatic rings. The molecule has 1 aromatic heterocycles. The van der Waals surface area contributed by atoms with Gasteiger partial charge < -0.3 is 9.73 Å². The molecule has 0 aliphatic carbocycles. The van der Waals surface area contributed by atoms with E-state index >= 15 is 0 Å². The van der Waals surface area contributed by atoms with E-state index < -0.39 is 0 Å². The first kappa shape index (κ1) is 12.6. The van der Waals surface area contributed by atoms with Crippen LogP contribution in [-0.4, -0.2) is 11.0 Å². The summed E-state index contributed by atoms with van der Waals surface area (Å²) in [5.41, 5.74) is 1.09. The maximum atomic E-state index is 12.9. The Morgan fingerprint density at radius 3 is 2.50 bits per heavy atom. The van der Waals surface area contributed by atoms with E-state index in [1.54, 1.807) is 30.3 Å². The number of hydrogen-bond acceptors (Lipinski definition) is 3. The first-order valence-electron chi connectivity index (χ1n) is 5.81. The van der Waals surface area contributed by atoms with E-state index in [2.05, 4.69) is 10.6 Å². The lowest BCUT2D eigenvalue weighted by atomic mass is 10.2. The molecule has 2 N–H and O–H groups in total. The van der Waals surface area contributed by atoms with Gasteiger partial charge in [-0.15, -0.1) is 0 Å². The Bertz CT molecular complexity index is 719. The standard InChI is InChI=1S/C14H9FN2O2S/c15-9-3-1-8(2-4-9)12-6-5-10(19-12)7-11-13(18)17-14(20)16-11/h1-7H,(H2,16,17,18,20)/b11-7+. The summed E-state index contributed by atoms with van der Waals surface area (Å²) < 4.78 is 18.4. The fraction of sp³-hybridized carbons (Fsp3) is 0. The molecular weight excluding hydrogens is 279 g/mol. The molecule has 20 heavy (non-hydrogen) atoms. The van der Waals surface area contributed by atoms with Crippen molar-refractivity contribution in [2.24, 2.45) is 0 Å². The van der Waals surface area contributed by atoms with E-state index in [0.29, 0.717) is 17.2 Å². The van der Waals surface area contributed by atoms with Crippen LogP contribution < -0.4 is 10.6 Å². The topological polar surface area (TPSA) is 54.3 Å². The minimum atomic E-state index is -0.303. The molecule has 1 aliphatic heterocycles. The molecule has 0 saturated carbocycles. The molecule has 1 aromatic carbocycles. The molecule has 4 nitrogen and oxygen atoms in total. The highest BCUT2D eigenvalue weighted by molar-refractivity contribution is 7.80. The number of thiocarbonyl (C=S) groups is 1. The maximum absolute atomic E-state index is 12.9. The Morgan fingerprint density at radius 2 is 1.85 bits per heavy atom. The van der Waals surface area contributed by atoms with Crippen molar-refractivity contribution in [2.75, 3.05) is 0 Å². The monoisotopic (exact) mass is 288 g/mol. The second kappa shape index (κ2) is 4.90. The summed E-state index contributed by atoms with van der Waals surface area (Å²) in [5, 5.41) is 5.46.